The van der Waals surface area contributed by atoms with Crippen LogP contribution in [0.2, 0.25) is 0 Å². The van der Waals surface area contributed by atoms with Gasteiger partial charge in [0, 0.05) is 25.2 Å². The Morgan fingerprint density at radius 1 is 1.19 bits per heavy atom. The molecule has 9 heteroatoms. The molecule has 0 bridgehead atoms. The SMILES string of the molecule is N#Cc1ccnc2c1c(C1CNC1)nn2-c1ccc(OC(F)(F)F)cc1. The quantitative estimate of drug-likeness (QED) is 0.778. The Morgan fingerprint density at radius 3 is 2.50 bits per heavy atom. The fourth-order valence-electron chi connectivity index (χ4n) is 2.90. The van der Waals surface area contributed by atoms with E-state index in [1.54, 1.807) is 10.7 Å². The van der Waals surface area contributed by atoms with Crippen LogP contribution in [-0.2, 0) is 0 Å². The van der Waals surface area contributed by atoms with Crippen LogP contribution in [0.4, 0.5) is 13.2 Å². The highest BCUT2D eigenvalue weighted by molar-refractivity contribution is 5.86. The Hall–Kier alpha value is -3.12. The molecule has 6 nitrogen and oxygen atoms in total. The number of hydrogen-bond acceptors (Lipinski definition) is 5. The van der Waals surface area contributed by atoms with Gasteiger partial charge in [0.05, 0.1) is 22.3 Å². The largest absolute Gasteiger partial charge is 0.573 e. The molecule has 0 aliphatic carbocycles. The average Bonchev–Trinajstić information content (AvgIpc) is 2.92. The zero-order valence-electron chi connectivity index (χ0n) is 13.3. The molecule has 1 aliphatic rings. The number of benzene rings is 1. The van der Waals surface area contributed by atoms with E-state index in [1.807, 2.05) is 0 Å². The Bertz CT molecular complexity index is 1000. The predicted octanol–water partition coefficient (Wildman–Crippen LogP) is 2.88. The number of nitrogens with one attached hydrogen (secondary N) is 1. The van der Waals surface area contributed by atoms with E-state index in [2.05, 4.69) is 26.2 Å². The molecule has 0 unspecified atom stereocenters. The van der Waals surface area contributed by atoms with Crippen molar-refractivity contribution in [2.24, 2.45) is 0 Å². The molecule has 3 heterocycles. The first-order chi connectivity index (χ1) is 12.5. The summed E-state index contributed by atoms with van der Waals surface area (Å²) in [6, 6.07) is 9.16. The fraction of sp³-hybridized carbons (Fsp3) is 0.235. The number of nitriles is 1. The van der Waals surface area contributed by atoms with Crippen LogP contribution in [-0.4, -0.2) is 34.2 Å². The summed E-state index contributed by atoms with van der Waals surface area (Å²) in [5.41, 5.74) is 2.26. The summed E-state index contributed by atoms with van der Waals surface area (Å²) >= 11 is 0. The third kappa shape index (κ3) is 2.84. The van der Waals surface area contributed by atoms with Crippen LogP contribution < -0.4 is 10.1 Å². The normalized spacial score (nSPS) is 14.8. The number of hydrogen-bond donors (Lipinski definition) is 1. The second-order valence-corrected chi connectivity index (χ2v) is 5.86. The Labute approximate surface area is 145 Å². The summed E-state index contributed by atoms with van der Waals surface area (Å²) < 4.78 is 42.4. The highest BCUT2D eigenvalue weighted by atomic mass is 19.4. The van der Waals surface area contributed by atoms with Gasteiger partial charge in [-0.15, -0.1) is 13.2 Å². The van der Waals surface area contributed by atoms with Crippen molar-refractivity contribution in [3.63, 3.8) is 0 Å². The second-order valence-electron chi connectivity index (χ2n) is 5.86. The van der Waals surface area contributed by atoms with E-state index in [9.17, 15) is 18.4 Å². The van der Waals surface area contributed by atoms with Gasteiger partial charge in [0.25, 0.3) is 0 Å². The minimum absolute atomic E-state index is 0.169. The first-order valence-corrected chi connectivity index (χ1v) is 7.81. The third-order valence-corrected chi connectivity index (χ3v) is 4.20. The van der Waals surface area contributed by atoms with E-state index in [-0.39, 0.29) is 11.7 Å². The van der Waals surface area contributed by atoms with Crippen molar-refractivity contribution < 1.29 is 17.9 Å². The summed E-state index contributed by atoms with van der Waals surface area (Å²) in [7, 11) is 0. The molecule has 0 spiro atoms. The van der Waals surface area contributed by atoms with Gasteiger partial charge < -0.3 is 10.1 Å². The smallest absolute Gasteiger partial charge is 0.406 e. The van der Waals surface area contributed by atoms with Gasteiger partial charge in [-0.1, -0.05) is 0 Å². The number of fused-ring (bicyclic) bond motifs is 1. The summed E-state index contributed by atoms with van der Waals surface area (Å²) in [4.78, 5) is 4.33. The van der Waals surface area contributed by atoms with E-state index < -0.39 is 6.36 Å². The lowest BCUT2D eigenvalue weighted by Gasteiger charge is -2.25. The van der Waals surface area contributed by atoms with E-state index in [0.29, 0.717) is 22.3 Å². The highest BCUT2D eigenvalue weighted by Crippen LogP contribution is 2.31. The van der Waals surface area contributed by atoms with Crippen molar-refractivity contribution in [3.8, 4) is 17.5 Å². The molecule has 2 aromatic heterocycles. The molecule has 132 valence electrons. The highest BCUT2D eigenvalue weighted by Gasteiger charge is 2.31. The van der Waals surface area contributed by atoms with Crippen LogP contribution in [0.15, 0.2) is 36.5 Å². The van der Waals surface area contributed by atoms with Gasteiger partial charge in [0.15, 0.2) is 5.65 Å². The zero-order valence-corrected chi connectivity index (χ0v) is 13.3. The molecule has 0 radical (unpaired) electrons. The molecule has 1 aromatic carbocycles. The third-order valence-electron chi connectivity index (χ3n) is 4.20. The zero-order chi connectivity index (χ0) is 18.3. The number of alkyl halides is 3. The van der Waals surface area contributed by atoms with Crippen LogP contribution in [0, 0.1) is 11.3 Å². The van der Waals surface area contributed by atoms with Crippen LogP contribution in [0.5, 0.6) is 5.75 Å². The molecular weight excluding hydrogens is 347 g/mol. The van der Waals surface area contributed by atoms with E-state index in [4.69, 9.17) is 0 Å². The maximum atomic E-state index is 12.3. The first-order valence-electron chi connectivity index (χ1n) is 7.81. The predicted molar refractivity (Wildman–Crippen MR) is 85.9 cm³/mol. The molecule has 1 fully saturated rings. The van der Waals surface area contributed by atoms with Crippen molar-refractivity contribution in [2.75, 3.05) is 13.1 Å². The van der Waals surface area contributed by atoms with E-state index in [1.165, 1.54) is 30.5 Å². The lowest BCUT2D eigenvalue weighted by molar-refractivity contribution is -0.274. The minimum Gasteiger partial charge on any atom is -0.406 e. The van der Waals surface area contributed by atoms with E-state index in [0.717, 1.165) is 18.8 Å². The number of nitrogens with zero attached hydrogens (tertiary/aromatic N) is 4. The fourth-order valence-corrected chi connectivity index (χ4v) is 2.90. The molecular formula is C17H12F3N5O. The molecule has 1 aliphatic heterocycles. The molecule has 0 amide bonds. The topological polar surface area (TPSA) is 75.8 Å². The van der Waals surface area contributed by atoms with Crippen molar-refractivity contribution >= 4 is 11.0 Å². The number of ether oxygens (including phenoxy) is 1. The van der Waals surface area contributed by atoms with Gasteiger partial charge in [-0.2, -0.15) is 10.4 Å². The maximum absolute atomic E-state index is 12.3. The number of rotatable bonds is 3. The van der Waals surface area contributed by atoms with Crippen molar-refractivity contribution in [2.45, 2.75) is 12.3 Å². The van der Waals surface area contributed by atoms with Gasteiger partial charge in [-0.25, -0.2) is 9.67 Å². The summed E-state index contributed by atoms with van der Waals surface area (Å²) in [5, 5.41) is 17.8. The van der Waals surface area contributed by atoms with Gasteiger partial charge in [0.1, 0.15) is 11.8 Å². The standard InChI is InChI=1S/C17H12F3N5O/c18-17(19,20)26-13-3-1-12(2-4-13)25-16-14(10(7-21)5-6-23-16)15(24-25)11-8-22-9-11/h1-6,11,22H,8-9H2. The minimum atomic E-state index is -4.74. The van der Waals surface area contributed by atoms with Crippen molar-refractivity contribution in [3.05, 3.63) is 47.8 Å². The van der Waals surface area contributed by atoms with Crippen LogP contribution in [0.25, 0.3) is 16.7 Å². The molecule has 26 heavy (non-hydrogen) atoms. The number of halogens is 3. The van der Waals surface area contributed by atoms with Crippen LogP contribution in [0.1, 0.15) is 17.2 Å². The molecule has 1 saturated heterocycles. The van der Waals surface area contributed by atoms with Gasteiger partial charge in [-0.05, 0) is 30.3 Å². The Morgan fingerprint density at radius 2 is 1.92 bits per heavy atom. The molecule has 0 saturated carbocycles. The van der Waals surface area contributed by atoms with Gasteiger partial charge in [0.2, 0.25) is 0 Å². The van der Waals surface area contributed by atoms with Crippen molar-refractivity contribution in [1.82, 2.24) is 20.1 Å². The summed E-state index contributed by atoms with van der Waals surface area (Å²) in [6.45, 7) is 1.51. The van der Waals surface area contributed by atoms with Crippen LogP contribution >= 0.6 is 0 Å². The molecule has 0 atom stereocenters. The molecule has 4 rings (SSSR count). The molecule has 1 N–H and O–H groups in total. The second kappa shape index (κ2) is 6.00. The molecule has 3 aromatic rings. The lowest BCUT2D eigenvalue weighted by atomic mass is 9.96. The average molecular weight is 359 g/mol. The van der Waals surface area contributed by atoms with Crippen molar-refractivity contribution in [1.29, 1.82) is 5.26 Å². The number of pyridine rings is 1. The first kappa shape index (κ1) is 16.4. The van der Waals surface area contributed by atoms with E-state index >= 15 is 0 Å². The Balaban J connectivity index is 1.81. The maximum Gasteiger partial charge on any atom is 0.573 e. The monoisotopic (exact) mass is 359 g/mol. The lowest BCUT2D eigenvalue weighted by Crippen LogP contribution is -2.40. The summed E-state index contributed by atoms with van der Waals surface area (Å²) in [5.74, 6) is -0.144. The number of aromatic nitrogens is 3. The summed E-state index contributed by atoms with van der Waals surface area (Å²) in [6.07, 6.45) is -3.23. The van der Waals surface area contributed by atoms with Crippen LogP contribution in [0.3, 0.4) is 0 Å². The van der Waals surface area contributed by atoms with Gasteiger partial charge >= 0.3 is 6.36 Å². The Kier molecular flexibility index (Phi) is 3.77. The van der Waals surface area contributed by atoms with Gasteiger partial charge in [-0.3, -0.25) is 0 Å².